The first-order chi connectivity index (χ1) is 7.15. The van der Waals surface area contributed by atoms with E-state index in [1.54, 1.807) is 0 Å². The maximum atomic E-state index is 3.54. The molecular formula is C12H16BrNS. The Kier molecular flexibility index (Phi) is 3.75. The average Bonchev–Trinajstić information content (AvgIpc) is 2.16. The number of fused-ring (bicyclic) bond motifs is 1. The van der Waals surface area contributed by atoms with Gasteiger partial charge in [0.1, 0.15) is 0 Å². The first kappa shape index (κ1) is 11.5. The van der Waals surface area contributed by atoms with Gasteiger partial charge in [-0.1, -0.05) is 15.9 Å². The summed E-state index contributed by atoms with van der Waals surface area (Å²) >= 11 is 5.54. The van der Waals surface area contributed by atoms with Crippen LogP contribution in [-0.4, -0.2) is 31.3 Å². The van der Waals surface area contributed by atoms with Crippen LogP contribution >= 0.6 is 27.7 Å². The highest BCUT2D eigenvalue weighted by atomic mass is 79.9. The maximum absolute atomic E-state index is 3.54. The summed E-state index contributed by atoms with van der Waals surface area (Å²) in [5.41, 5.74) is 1.51. The lowest BCUT2D eigenvalue weighted by Gasteiger charge is -2.26. The van der Waals surface area contributed by atoms with Crippen LogP contribution in [0.4, 0.5) is 0 Å². The number of halogens is 1. The van der Waals surface area contributed by atoms with Crippen molar-refractivity contribution >= 4 is 27.7 Å². The number of thioether (sulfide) groups is 1. The van der Waals surface area contributed by atoms with E-state index >= 15 is 0 Å². The molecule has 1 nitrogen and oxygen atoms in total. The minimum Gasteiger partial charge on any atom is -0.309 e. The van der Waals surface area contributed by atoms with Crippen LogP contribution in [0.2, 0.25) is 0 Å². The predicted molar refractivity (Wildman–Crippen MR) is 70.6 cm³/mol. The fraction of sp³-hybridized carbons (Fsp3) is 0.500. The smallest absolute Gasteiger partial charge is 0.0178 e. The topological polar surface area (TPSA) is 3.24 Å². The lowest BCUT2D eigenvalue weighted by molar-refractivity contribution is 0.339. The molecule has 1 aliphatic rings. The third-order valence-electron chi connectivity index (χ3n) is 2.63. The molecule has 1 heterocycles. The Morgan fingerprint density at radius 1 is 1.47 bits per heavy atom. The van der Waals surface area contributed by atoms with Gasteiger partial charge in [0.25, 0.3) is 0 Å². The van der Waals surface area contributed by atoms with Crippen LogP contribution in [0.25, 0.3) is 0 Å². The lowest BCUT2D eigenvalue weighted by Crippen LogP contribution is -2.26. The van der Waals surface area contributed by atoms with Crippen molar-refractivity contribution in [2.75, 3.05) is 26.4 Å². The molecule has 0 saturated carbocycles. The second-order valence-electron chi connectivity index (χ2n) is 4.40. The Hall–Kier alpha value is 0.01000. The van der Waals surface area contributed by atoms with E-state index in [1.807, 2.05) is 11.8 Å². The van der Waals surface area contributed by atoms with E-state index in [4.69, 9.17) is 0 Å². The van der Waals surface area contributed by atoms with Gasteiger partial charge in [-0.05, 0) is 50.2 Å². The molecule has 2 rings (SSSR count). The number of hydrogen-bond donors (Lipinski definition) is 0. The molecule has 0 aromatic heterocycles. The summed E-state index contributed by atoms with van der Waals surface area (Å²) in [6.07, 6.45) is 1.22. The number of benzene rings is 1. The summed E-state index contributed by atoms with van der Waals surface area (Å²) in [5, 5.41) is 0. The lowest BCUT2D eigenvalue weighted by atomic mass is 10.00. The summed E-state index contributed by atoms with van der Waals surface area (Å²) in [6, 6.07) is 6.64. The van der Waals surface area contributed by atoms with Crippen molar-refractivity contribution in [2.45, 2.75) is 11.3 Å². The number of hydrogen-bond acceptors (Lipinski definition) is 2. The van der Waals surface area contributed by atoms with Gasteiger partial charge in [-0.3, -0.25) is 0 Å². The highest BCUT2D eigenvalue weighted by Gasteiger charge is 2.19. The van der Waals surface area contributed by atoms with Gasteiger partial charge in [-0.2, -0.15) is 0 Å². The second-order valence-corrected chi connectivity index (χ2v) is 6.37. The van der Waals surface area contributed by atoms with Crippen molar-refractivity contribution in [3.8, 4) is 0 Å². The Morgan fingerprint density at radius 3 is 3.00 bits per heavy atom. The first-order valence-electron chi connectivity index (χ1n) is 5.21. The van der Waals surface area contributed by atoms with Crippen LogP contribution in [0, 0.1) is 5.92 Å². The van der Waals surface area contributed by atoms with Gasteiger partial charge < -0.3 is 4.90 Å². The normalized spacial score (nSPS) is 20.4. The van der Waals surface area contributed by atoms with E-state index in [0.717, 1.165) is 5.92 Å². The van der Waals surface area contributed by atoms with Crippen molar-refractivity contribution < 1.29 is 0 Å². The van der Waals surface area contributed by atoms with E-state index in [9.17, 15) is 0 Å². The van der Waals surface area contributed by atoms with Crippen LogP contribution in [0.1, 0.15) is 5.56 Å². The van der Waals surface area contributed by atoms with E-state index in [0.29, 0.717) is 0 Å². The first-order valence-corrected chi connectivity index (χ1v) is 6.99. The molecule has 0 amide bonds. The van der Waals surface area contributed by atoms with Gasteiger partial charge in [-0.15, -0.1) is 11.8 Å². The molecule has 0 bridgehead atoms. The van der Waals surface area contributed by atoms with Crippen molar-refractivity contribution in [1.29, 1.82) is 0 Å². The van der Waals surface area contributed by atoms with E-state index in [1.165, 1.54) is 33.7 Å². The molecule has 82 valence electrons. The van der Waals surface area contributed by atoms with Crippen molar-refractivity contribution in [3.05, 3.63) is 28.2 Å². The molecule has 15 heavy (non-hydrogen) atoms. The average molecular weight is 286 g/mol. The third kappa shape index (κ3) is 2.99. The molecule has 0 fully saturated rings. The minimum atomic E-state index is 0.798. The summed E-state index contributed by atoms with van der Waals surface area (Å²) < 4.78 is 1.20. The Labute approximate surface area is 104 Å². The summed E-state index contributed by atoms with van der Waals surface area (Å²) in [6.45, 7) is 1.19. The fourth-order valence-electron chi connectivity index (χ4n) is 2.06. The molecule has 0 aliphatic carbocycles. The largest absolute Gasteiger partial charge is 0.309 e. The molecule has 1 unspecified atom stereocenters. The zero-order valence-electron chi connectivity index (χ0n) is 9.16. The van der Waals surface area contributed by atoms with Gasteiger partial charge in [0.05, 0.1) is 0 Å². The molecule has 0 saturated heterocycles. The van der Waals surface area contributed by atoms with Gasteiger partial charge in [0, 0.05) is 21.7 Å². The quantitative estimate of drug-likeness (QED) is 0.821. The second kappa shape index (κ2) is 4.89. The molecule has 1 aromatic carbocycles. The molecule has 0 radical (unpaired) electrons. The standard InChI is InChI=1S/C12H16BrNS/c1-14(2)7-9-5-10-6-11(13)3-4-12(10)15-8-9/h3-4,6,9H,5,7-8H2,1-2H3. The summed E-state index contributed by atoms with van der Waals surface area (Å²) in [4.78, 5) is 3.75. The van der Waals surface area contributed by atoms with Crippen LogP contribution in [-0.2, 0) is 6.42 Å². The van der Waals surface area contributed by atoms with Crippen molar-refractivity contribution in [3.63, 3.8) is 0 Å². The highest BCUT2D eigenvalue weighted by Crippen LogP contribution is 2.34. The number of nitrogens with zero attached hydrogens (tertiary/aromatic N) is 1. The molecule has 1 atom stereocenters. The Morgan fingerprint density at radius 2 is 2.27 bits per heavy atom. The maximum Gasteiger partial charge on any atom is 0.0178 e. The van der Waals surface area contributed by atoms with E-state index in [-0.39, 0.29) is 0 Å². The molecule has 1 aliphatic heterocycles. The van der Waals surface area contributed by atoms with Gasteiger partial charge in [0.15, 0.2) is 0 Å². The van der Waals surface area contributed by atoms with E-state index in [2.05, 4.69) is 53.1 Å². The van der Waals surface area contributed by atoms with Crippen LogP contribution in [0.15, 0.2) is 27.6 Å². The zero-order valence-corrected chi connectivity index (χ0v) is 11.6. The number of rotatable bonds is 2. The van der Waals surface area contributed by atoms with Gasteiger partial charge in [-0.25, -0.2) is 0 Å². The minimum absolute atomic E-state index is 0.798. The van der Waals surface area contributed by atoms with Gasteiger partial charge >= 0.3 is 0 Å². The van der Waals surface area contributed by atoms with Crippen LogP contribution in [0.5, 0.6) is 0 Å². The SMILES string of the molecule is CN(C)CC1CSc2ccc(Br)cc2C1. The molecular weight excluding hydrogens is 270 g/mol. The monoisotopic (exact) mass is 285 g/mol. The van der Waals surface area contributed by atoms with Crippen LogP contribution in [0.3, 0.4) is 0 Å². The Balaban J connectivity index is 2.11. The van der Waals surface area contributed by atoms with Crippen molar-refractivity contribution in [1.82, 2.24) is 4.90 Å². The Bertz CT molecular complexity index is 351. The highest BCUT2D eigenvalue weighted by molar-refractivity contribution is 9.10. The molecule has 0 N–H and O–H groups in total. The van der Waals surface area contributed by atoms with Gasteiger partial charge in [0.2, 0.25) is 0 Å². The van der Waals surface area contributed by atoms with Crippen molar-refractivity contribution in [2.24, 2.45) is 5.92 Å². The molecule has 1 aromatic rings. The van der Waals surface area contributed by atoms with Crippen LogP contribution < -0.4 is 0 Å². The predicted octanol–water partition coefficient (Wildman–Crippen LogP) is 3.28. The van der Waals surface area contributed by atoms with E-state index < -0.39 is 0 Å². The third-order valence-corrected chi connectivity index (χ3v) is 4.47. The summed E-state index contributed by atoms with van der Waals surface area (Å²) in [7, 11) is 4.31. The zero-order chi connectivity index (χ0) is 10.8. The molecule has 3 heteroatoms. The fourth-order valence-corrected chi connectivity index (χ4v) is 3.60. The summed E-state index contributed by atoms with van der Waals surface area (Å²) in [5.74, 6) is 2.05. The molecule has 0 spiro atoms.